The number of Topliss-reactive ketones (excluding diaryl/α,β-unsaturated/α-hetero) is 1. The van der Waals surface area contributed by atoms with Gasteiger partial charge in [0, 0.05) is 43.7 Å². The highest BCUT2D eigenvalue weighted by molar-refractivity contribution is 5.96. The number of piperazine rings is 1. The summed E-state index contributed by atoms with van der Waals surface area (Å²) < 4.78 is 14.8. The molecule has 2 N–H and O–H groups in total. The molecule has 1 heterocycles. The Morgan fingerprint density at radius 3 is 2.18 bits per heavy atom. The lowest BCUT2D eigenvalue weighted by atomic mass is 10.0. The molecule has 0 aliphatic carbocycles. The maximum Gasteiger partial charge on any atom is 0.254 e. The van der Waals surface area contributed by atoms with Crippen LogP contribution in [0, 0.1) is 5.82 Å². The summed E-state index contributed by atoms with van der Waals surface area (Å²) in [5, 5.41) is 19.0. The van der Waals surface area contributed by atoms with E-state index >= 15 is 0 Å². The zero-order chi connectivity index (χ0) is 23.8. The van der Waals surface area contributed by atoms with Crippen molar-refractivity contribution in [3.05, 3.63) is 53.3 Å². The van der Waals surface area contributed by atoms with Gasteiger partial charge in [0.15, 0.2) is 17.3 Å². The molecule has 2 aromatic carbocycles. The summed E-state index contributed by atoms with van der Waals surface area (Å²) in [4.78, 5) is 28.6. The first-order valence-corrected chi connectivity index (χ1v) is 11.8. The number of nitrogens with zero attached hydrogens (tertiary/aromatic N) is 2. The fourth-order valence-corrected chi connectivity index (χ4v) is 4.14. The van der Waals surface area contributed by atoms with E-state index in [1.54, 1.807) is 17.0 Å². The minimum absolute atomic E-state index is 0.0245. The van der Waals surface area contributed by atoms with Gasteiger partial charge in [-0.1, -0.05) is 39.0 Å². The molecule has 1 aliphatic rings. The SMILES string of the molecule is CCCCCCCCC(=O)c1ccc(N2CCN(C(=O)c3ccc(O)c(O)c3)CC2)c(F)c1. The van der Waals surface area contributed by atoms with Crippen molar-refractivity contribution < 1.29 is 24.2 Å². The fraction of sp³-hybridized carbons (Fsp3) is 0.462. The van der Waals surface area contributed by atoms with Crippen LogP contribution in [0.15, 0.2) is 36.4 Å². The number of aromatic hydroxyl groups is 2. The first kappa shape index (κ1) is 24.6. The quantitative estimate of drug-likeness (QED) is 0.294. The van der Waals surface area contributed by atoms with Crippen molar-refractivity contribution in [2.45, 2.75) is 51.9 Å². The lowest BCUT2D eigenvalue weighted by Crippen LogP contribution is -2.49. The number of amides is 1. The standard InChI is InChI=1S/C26H33FN2O4/c1-2-3-4-5-6-7-8-23(30)19-9-11-22(21(27)17-19)28-13-15-29(16-14-28)26(33)20-10-12-24(31)25(32)18-20/h9-12,17-18,31-32H,2-8,13-16H2,1H3. The Labute approximate surface area is 194 Å². The summed E-state index contributed by atoms with van der Waals surface area (Å²) in [7, 11) is 0. The molecule has 1 aliphatic heterocycles. The molecule has 1 amide bonds. The van der Waals surface area contributed by atoms with Crippen LogP contribution in [0.2, 0.25) is 0 Å². The van der Waals surface area contributed by atoms with Crippen molar-refractivity contribution in [2.75, 3.05) is 31.1 Å². The second-order valence-corrected chi connectivity index (χ2v) is 8.59. The van der Waals surface area contributed by atoms with Gasteiger partial charge in [0.05, 0.1) is 5.69 Å². The van der Waals surface area contributed by atoms with Crippen molar-refractivity contribution >= 4 is 17.4 Å². The first-order chi connectivity index (χ1) is 15.9. The van der Waals surface area contributed by atoms with Gasteiger partial charge in [0.1, 0.15) is 5.82 Å². The van der Waals surface area contributed by atoms with Gasteiger partial charge in [-0.15, -0.1) is 0 Å². The highest BCUT2D eigenvalue weighted by atomic mass is 19.1. The van der Waals surface area contributed by atoms with E-state index in [1.165, 1.54) is 43.5 Å². The van der Waals surface area contributed by atoms with E-state index in [9.17, 15) is 24.2 Å². The largest absolute Gasteiger partial charge is 0.504 e. The third kappa shape index (κ3) is 6.46. The second kappa shape index (κ2) is 11.7. The van der Waals surface area contributed by atoms with Gasteiger partial charge >= 0.3 is 0 Å². The number of unbranched alkanes of at least 4 members (excludes halogenated alkanes) is 5. The summed E-state index contributed by atoms with van der Waals surface area (Å²) in [5.74, 6) is -1.31. The van der Waals surface area contributed by atoms with Gasteiger partial charge in [0.25, 0.3) is 5.91 Å². The average Bonchev–Trinajstić information content (AvgIpc) is 2.82. The molecule has 2 aromatic rings. The Morgan fingerprint density at radius 1 is 0.848 bits per heavy atom. The lowest BCUT2D eigenvalue weighted by Gasteiger charge is -2.36. The van der Waals surface area contributed by atoms with Crippen molar-refractivity contribution in [3.63, 3.8) is 0 Å². The van der Waals surface area contributed by atoms with Gasteiger partial charge in [-0.2, -0.15) is 0 Å². The maximum absolute atomic E-state index is 14.8. The van der Waals surface area contributed by atoms with E-state index in [0.717, 1.165) is 19.3 Å². The van der Waals surface area contributed by atoms with Crippen LogP contribution < -0.4 is 4.90 Å². The van der Waals surface area contributed by atoms with Gasteiger partial charge in [-0.05, 0) is 42.8 Å². The molecule has 0 bridgehead atoms. The number of hydrogen-bond acceptors (Lipinski definition) is 5. The molecule has 0 unspecified atom stereocenters. The molecule has 3 rings (SSSR count). The number of anilines is 1. The van der Waals surface area contributed by atoms with Gasteiger partial charge < -0.3 is 20.0 Å². The highest BCUT2D eigenvalue weighted by Crippen LogP contribution is 2.27. The van der Waals surface area contributed by atoms with Crippen LogP contribution in [0.25, 0.3) is 0 Å². The number of carbonyl (C=O) groups is 2. The molecule has 7 heteroatoms. The molecule has 0 aromatic heterocycles. The third-order valence-corrected chi connectivity index (χ3v) is 6.16. The Kier molecular flexibility index (Phi) is 8.69. The minimum Gasteiger partial charge on any atom is -0.504 e. The number of hydrogen-bond donors (Lipinski definition) is 2. The van der Waals surface area contributed by atoms with Gasteiger partial charge in [-0.3, -0.25) is 9.59 Å². The number of rotatable bonds is 10. The topological polar surface area (TPSA) is 81.1 Å². The monoisotopic (exact) mass is 456 g/mol. The number of halogens is 1. The van der Waals surface area contributed by atoms with Crippen LogP contribution in [0.4, 0.5) is 10.1 Å². The van der Waals surface area contributed by atoms with E-state index in [1.807, 2.05) is 4.90 Å². The summed E-state index contributed by atoms with van der Waals surface area (Å²) >= 11 is 0. The van der Waals surface area contributed by atoms with E-state index in [4.69, 9.17) is 0 Å². The highest BCUT2D eigenvalue weighted by Gasteiger charge is 2.24. The van der Waals surface area contributed by atoms with Gasteiger partial charge in [-0.25, -0.2) is 4.39 Å². The predicted octanol–water partition coefficient (Wildman–Crippen LogP) is 5.13. The number of benzene rings is 2. The van der Waals surface area contributed by atoms with E-state index < -0.39 is 5.82 Å². The van der Waals surface area contributed by atoms with Crippen molar-refractivity contribution in [2.24, 2.45) is 0 Å². The fourth-order valence-electron chi connectivity index (χ4n) is 4.14. The summed E-state index contributed by atoms with van der Waals surface area (Å²) in [6.07, 6.45) is 7.06. The summed E-state index contributed by atoms with van der Waals surface area (Å²) in [6.45, 7) is 3.89. The van der Waals surface area contributed by atoms with Gasteiger partial charge in [0.2, 0.25) is 0 Å². The van der Waals surface area contributed by atoms with Crippen molar-refractivity contribution in [1.29, 1.82) is 0 Å². The Balaban J connectivity index is 1.52. The molecule has 0 atom stereocenters. The van der Waals surface area contributed by atoms with Crippen LogP contribution in [0.3, 0.4) is 0 Å². The van der Waals surface area contributed by atoms with Crippen LogP contribution in [-0.4, -0.2) is 53.0 Å². The van der Waals surface area contributed by atoms with Crippen LogP contribution in [-0.2, 0) is 0 Å². The Hall–Kier alpha value is -3.09. The zero-order valence-corrected chi connectivity index (χ0v) is 19.2. The number of phenolic OH excluding ortho intramolecular Hbond substituents is 2. The molecular weight excluding hydrogens is 423 g/mol. The second-order valence-electron chi connectivity index (χ2n) is 8.59. The molecule has 178 valence electrons. The number of ketones is 1. The molecular formula is C26H33FN2O4. The molecule has 0 spiro atoms. The molecule has 1 fully saturated rings. The van der Waals surface area contributed by atoms with E-state index in [2.05, 4.69) is 6.92 Å². The maximum atomic E-state index is 14.8. The van der Waals surface area contributed by atoms with Crippen molar-refractivity contribution in [1.82, 2.24) is 4.90 Å². The van der Waals surface area contributed by atoms with Crippen LogP contribution in [0.1, 0.15) is 72.6 Å². The molecule has 33 heavy (non-hydrogen) atoms. The first-order valence-electron chi connectivity index (χ1n) is 11.8. The van der Waals surface area contributed by atoms with E-state index in [-0.39, 0.29) is 28.8 Å². The molecule has 6 nitrogen and oxygen atoms in total. The number of phenols is 2. The van der Waals surface area contributed by atoms with Crippen LogP contribution >= 0.6 is 0 Å². The lowest BCUT2D eigenvalue weighted by molar-refractivity contribution is 0.0746. The predicted molar refractivity (Wildman–Crippen MR) is 127 cm³/mol. The van der Waals surface area contributed by atoms with Crippen molar-refractivity contribution in [3.8, 4) is 11.5 Å². The minimum atomic E-state index is -0.424. The molecule has 1 saturated heterocycles. The molecule has 0 saturated carbocycles. The Morgan fingerprint density at radius 2 is 1.52 bits per heavy atom. The zero-order valence-electron chi connectivity index (χ0n) is 19.2. The smallest absolute Gasteiger partial charge is 0.254 e. The average molecular weight is 457 g/mol. The normalized spacial score (nSPS) is 13.9. The summed E-state index contributed by atoms with van der Waals surface area (Å²) in [5.41, 5.74) is 1.13. The Bertz CT molecular complexity index is 971. The number of carbonyl (C=O) groups excluding carboxylic acids is 2. The third-order valence-electron chi connectivity index (χ3n) is 6.16. The molecule has 0 radical (unpaired) electrons. The van der Waals surface area contributed by atoms with Crippen LogP contribution in [0.5, 0.6) is 11.5 Å². The van der Waals surface area contributed by atoms with E-state index in [0.29, 0.717) is 43.9 Å². The summed E-state index contributed by atoms with van der Waals surface area (Å²) in [6, 6.07) is 8.65.